The molecule has 0 radical (unpaired) electrons. The highest BCUT2D eigenvalue weighted by Crippen LogP contribution is 2.47. The van der Waals surface area contributed by atoms with Crippen LogP contribution in [-0.2, 0) is 5.41 Å². The number of aromatic nitrogens is 4. The Morgan fingerprint density at radius 1 is 0.522 bits per heavy atom. The molecule has 0 amide bonds. The maximum Gasteiger partial charge on any atom is 0.269 e. The monoisotopic (exact) mass is 891 g/mol. The zero-order valence-electron chi connectivity index (χ0n) is 43.2. The summed E-state index contributed by atoms with van der Waals surface area (Å²) in [6.45, 7) is 6.62. The molecule has 5 nitrogen and oxygen atoms in total. The van der Waals surface area contributed by atoms with Crippen molar-refractivity contribution >= 4 is 32.8 Å². The van der Waals surface area contributed by atoms with E-state index < -0.39 is 18.1 Å². The Morgan fingerprint density at radius 3 is 1.94 bits per heavy atom. The predicted molar refractivity (Wildman–Crippen MR) is 282 cm³/mol. The van der Waals surface area contributed by atoms with E-state index in [2.05, 4.69) is 158 Å². The number of benzene rings is 9. The number of pyridine rings is 1. The van der Waals surface area contributed by atoms with Gasteiger partial charge < -0.3 is 4.74 Å². The van der Waals surface area contributed by atoms with Crippen molar-refractivity contribution < 1.29 is 16.2 Å². The summed E-state index contributed by atoms with van der Waals surface area (Å²) in [6, 6.07) is 62.2. The number of rotatable bonds is 6. The summed E-state index contributed by atoms with van der Waals surface area (Å²) in [5.74, 6) is 2.01. The van der Waals surface area contributed by atoms with Crippen LogP contribution in [0.1, 0.15) is 33.2 Å². The first-order valence-corrected chi connectivity index (χ1v) is 23.2. The third kappa shape index (κ3) is 6.69. The lowest BCUT2D eigenvalue weighted by atomic mass is 9.88. The number of fused-ring (bicyclic) bond motifs is 10. The molecule has 0 fully saturated rings. The average molecular weight is 892 g/mol. The van der Waals surface area contributed by atoms with Crippen molar-refractivity contribution in [1.82, 2.24) is 14.1 Å². The van der Waals surface area contributed by atoms with Gasteiger partial charge in [-0.2, -0.15) is 0 Å². The molecule has 1 aliphatic heterocycles. The van der Waals surface area contributed by atoms with Gasteiger partial charge in [0.2, 0.25) is 0 Å². The van der Waals surface area contributed by atoms with Gasteiger partial charge in [-0.05, 0) is 115 Å². The van der Waals surface area contributed by atoms with Crippen molar-refractivity contribution in [3.8, 4) is 84.3 Å². The van der Waals surface area contributed by atoms with E-state index in [4.69, 9.17) is 13.8 Å². The van der Waals surface area contributed by atoms with Crippen LogP contribution >= 0.6 is 0 Å². The molecule has 9 aromatic carbocycles. The lowest BCUT2D eigenvalue weighted by molar-refractivity contribution is -0.570. The second kappa shape index (κ2) is 15.9. The normalized spacial score (nSPS) is 13.0. The quantitative estimate of drug-likeness (QED) is 0.123. The minimum absolute atomic E-state index is 0.0759. The van der Waals surface area contributed by atoms with Crippen LogP contribution in [0.3, 0.4) is 0 Å². The van der Waals surface area contributed by atoms with E-state index in [1.54, 1.807) is 0 Å². The summed E-state index contributed by atoms with van der Waals surface area (Å²) in [5, 5.41) is 2.19. The second-order valence-electron chi connectivity index (χ2n) is 18.6. The largest absolute Gasteiger partial charge is 0.458 e. The minimum Gasteiger partial charge on any atom is -0.458 e. The van der Waals surface area contributed by atoms with E-state index in [0.29, 0.717) is 28.3 Å². The summed E-state index contributed by atoms with van der Waals surface area (Å²) in [5.41, 5.74) is 14.5. The van der Waals surface area contributed by atoms with Crippen LogP contribution in [0.5, 0.6) is 11.5 Å². The van der Waals surface area contributed by atoms with Crippen LogP contribution in [0.25, 0.3) is 106 Å². The van der Waals surface area contributed by atoms with Gasteiger partial charge in [-0.1, -0.05) is 184 Å². The molecule has 0 spiro atoms. The first kappa shape index (κ1) is 35.4. The van der Waals surface area contributed by atoms with Crippen LogP contribution in [0.15, 0.2) is 224 Å². The Kier molecular flexibility index (Phi) is 8.17. The number of hydrogen-bond acceptors (Lipinski definition) is 2. The zero-order valence-corrected chi connectivity index (χ0v) is 38.2. The standard InChI is InChI=1S/C64H46N4O/c1-64(2,3)44-36-37-65-60(38-44)68-58-31-15-14-28-54(58)55-33-32-47(40-59(55)68)69-46-23-16-22-45(39-46)66-41-67-61-48(42-18-6-4-7-19-42)29-17-30-56(61)52-26-12-10-24-50(52)51-25-11-13-27-53(51)57-35-34-49(62(66)63(57)67)43-20-8-5-9-21-43/h4-40H,1-3H3/i5D,8D,9D,20D,21D. The molecule has 0 unspecified atom stereocenters. The van der Waals surface area contributed by atoms with Crippen molar-refractivity contribution in [2.24, 2.45) is 0 Å². The van der Waals surface area contributed by atoms with E-state index in [1.165, 1.54) is 5.56 Å². The van der Waals surface area contributed by atoms with Gasteiger partial charge in [0, 0.05) is 23.0 Å². The van der Waals surface area contributed by atoms with Gasteiger partial charge in [-0.3, -0.25) is 13.7 Å². The van der Waals surface area contributed by atoms with Crippen molar-refractivity contribution in [3.05, 3.63) is 236 Å². The van der Waals surface area contributed by atoms with Gasteiger partial charge in [-0.25, -0.2) is 4.98 Å². The highest BCUT2D eigenvalue weighted by atomic mass is 16.5. The summed E-state index contributed by atoms with van der Waals surface area (Å²) >= 11 is 0. The molecule has 0 atom stereocenters. The smallest absolute Gasteiger partial charge is 0.269 e. The molecule has 0 bridgehead atoms. The minimum atomic E-state index is -0.453. The Hall–Kier alpha value is -8.80. The van der Waals surface area contributed by atoms with Gasteiger partial charge >= 0.3 is 0 Å². The highest BCUT2D eigenvalue weighted by Gasteiger charge is 2.28. The molecule has 0 aliphatic carbocycles. The van der Waals surface area contributed by atoms with Crippen LogP contribution in [0.4, 0.5) is 0 Å². The molecule has 13 rings (SSSR count). The van der Waals surface area contributed by atoms with Gasteiger partial charge in [0.05, 0.1) is 40.3 Å². The molecule has 328 valence electrons. The molecule has 1 aliphatic rings. The first-order chi connectivity index (χ1) is 35.9. The Morgan fingerprint density at radius 2 is 1.16 bits per heavy atom. The lowest BCUT2D eigenvalue weighted by Crippen LogP contribution is -2.32. The molecule has 69 heavy (non-hydrogen) atoms. The molecule has 3 aromatic heterocycles. The van der Waals surface area contributed by atoms with Gasteiger partial charge in [-0.15, -0.1) is 0 Å². The van der Waals surface area contributed by atoms with E-state index in [0.717, 1.165) is 83.3 Å². The van der Waals surface area contributed by atoms with Gasteiger partial charge in [0.15, 0.2) is 0 Å². The molecule has 0 N–H and O–H groups in total. The molecule has 0 saturated carbocycles. The maximum atomic E-state index is 9.36. The van der Waals surface area contributed by atoms with E-state index in [1.807, 2.05) is 77.5 Å². The van der Waals surface area contributed by atoms with Crippen molar-refractivity contribution in [2.75, 3.05) is 0 Å². The van der Waals surface area contributed by atoms with Gasteiger partial charge in [0.1, 0.15) is 17.3 Å². The molecule has 12 aromatic rings. The summed E-state index contributed by atoms with van der Waals surface area (Å²) in [6.07, 6.45) is 5.73. The Bertz CT molecular complexity index is 4260. The number of ether oxygens (including phenoxy) is 1. The number of imidazole rings is 1. The van der Waals surface area contributed by atoms with Crippen molar-refractivity contribution in [2.45, 2.75) is 26.2 Å². The van der Waals surface area contributed by atoms with Crippen molar-refractivity contribution in [3.63, 3.8) is 0 Å². The predicted octanol–water partition coefficient (Wildman–Crippen LogP) is 15.9. The van der Waals surface area contributed by atoms with E-state index in [-0.39, 0.29) is 23.1 Å². The fourth-order valence-corrected chi connectivity index (χ4v) is 10.2. The highest BCUT2D eigenvalue weighted by molar-refractivity contribution is 6.10. The van der Waals surface area contributed by atoms with Crippen LogP contribution in [-0.4, -0.2) is 14.1 Å². The Labute approximate surface area is 408 Å². The first-order valence-electron chi connectivity index (χ1n) is 25.7. The molecule has 4 heterocycles. The number of hydrogen-bond donors (Lipinski definition) is 0. The van der Waals surface area contributed by atoms with Crippen molar-refractivity contribution in [1.29, 1.82) is 0 Å². The molecular weight excluding hydrogens is 841 g/mol. The van der Waals surface area contributed by atoms with E-state index >= 15 is 0 Å². The maximum absolute atomic E-state index is 9.36. The fraction of sp³-hybridized carbons (Fsp3) is 0.0625. The topological polar surface area (TPSA) is 35.9 Å². The SMILES string of the molecule is [2H]c1c([2H])c([2H])c(-c2ccc3c4c2n(-c2cccc(Oc5ccc6c7ccccc7n(-c7cc(C(C)(C)C)ccn7)c6c5)c2)[c-][n+]4-c2c(-c4ccccc4)cccc2-c2ccccc2-c2ccccc2-3)c([2H])c1[2H]. The number of nitrogens with zero attached hydrogens (tertiary/aromatic N) is 4. The Balaban J connectivity index is 1.08. The third-order valence-corrected chi connectivity index (χ3v) is 13.4. The fourth-order valence-electron chi connectivity index (χ4n) is 10.2. The summed E-state index contributed by atoms with van der Waals surface area (Å²) in [4.78, 5) is 4.89. The zero-order chi connectivity index (χ0) is 50.6. The van der Waals surface area contributed by atoms with Crippen LogP contribution in [0.2, 0.25) is 0 Å². The summed E-state index contributed by atoms with van der Waals surface area (Å²) in [7, 11) is 0. The average Bonchev–Trinajstić information content (AvgIpc) is 4.00. The van der Waals surface area contributed by atoms with Crippen LogP contribution in [0, 0.1) is 6.33 Å². The molecule has 0 saturated heterocycles. The number of para-hydroxylation sites is 2. The van der Waals surface area contributed by atoms with Crippen LogP contribution < -0.4 is 9.30 Å². The molecular formula is C64H46N4O. The van der Waals surface area contributed by atoms with E-state index in [9.17, 15) is 2.74 Å². The summed E-state index contributed by atoms with van der Waals surface area (Å²) < 4.78 is 58.1. The van der Waals surface area contributed by atoms with Gasteiger partial charge in [0.25, 0.3) is 6.33 Å². The third-order valence-electron chi connectivity index (χ3n) is 13.4. The second-order valence-corrected chi connectivity index (χ2v) is 18.6. The molecule has 5 heteroatoms. The lowest BCUT2D eigenvalue weighted by Gasteiger charge is -2.20.